The molecular weight excluding hydrogens is 274 g/mol. The van der Waals surface area contributed by atoms with Crippen LogP contribution in [0, 0.1) is 0 Å². The van der Waals surface area contributed by atoms with Gasteiger partial charge in [-0.25, -0.2) is 0 Å². The van der Waals surface area contributed by atoms with Crippen LogP contribution in [0.5, 0.6) is 11.5 Å². The molecule has 1 aromatic rings. The van der Waals surface area contributed by atoms with Crippen molar-refractivity contribution in [2.45, 2.75) is 18.9 Å². The van der Waals surface area contributed by atoms with Crippen LogP contribution in [0.15, 0.2) is 18.2 Å². The van der Waals surface area contributed by atoms with E-state index in [9.17, 15) is 9.59 Å². The number of hydrogen-bond donors (Lipinski definition) is 1. The first kappa shape index (κ1) is 13.9. The first-order valence-electron chi connectivity index (χ1n) is 7.02. The van der Waals surface area contributed by atoms with E-state index < -0.39 is 0 Å². The summed E-state index contributed by atoms with van der Waals surface area (Å²) < 4.78 is 15.9. The molecule has 0 aromatic heterocycles. The number of nitrogens with one attached hydrogen (secondary N) is 1. The van der Waals surface area contributed by atoms with Crippen molar-refractivity contribution >= 4 is 11.7 Å². The van der Waals surface area contributed by atoms with Crippen LogP contribution in [0.25, 0.3) is 0 Å². The molecule has 0 spiro atoms. The molecule has 2 aliphatic rings. The SMILES string of the molecule is O=C(COc1ccc2c(c1)OCC2=O)NC1CCOCC1. The maximum absolute atomic E-state index is 11.8. The molecule has 0 bridgehead atoms. The lowest BCUT2D eigenvalue weighted by Crippen LogP contribution is -2.41. The number of amides is 1. The Morgan fingerprint density at radius 3 is 2.95 bits per heavy atom. The van der Waals surface area contributed by atoms with E-state index in [1.165, 1.54) is 0 Å². The molecular formula is C15H17NO5. The summed E-state index contributed by atoms with van der Waals surface area (Å²) in [5.74, 6) is 0.848. The van der Waals surface area contributed by atoms with Crippen LogP contribution >= 0.6 is 0 Å². The summed E-state index contributed by atoms with van der Waals surface area (Å²) in [6.45, 7) is 1.39. The highest BCUT2D eigenvalue weighted by molar-refractivity contribution is 6.02. The minimum Gasteiger partial charge on any atom is -0.485 e. The van der Waals surface area contributed by atoms with E-state index in [4.69, 9.17) is 14.2 Å². The van der Waals surface area contributed by atoms with Crippen molar-refractivity contribution in [2.75, 3.05) is 26.4 Å². The quantitative estimate of drug-likeness (QED) is 0.893. The predicted molar refractivity (Wildman–Crippen MR) is 73.7 cm³/mol. The summed E-state index contributed by atoms with van der Waals surface area (Å²) in [5, 5.41) is 2.92. The molecule has 1 N–H and O–H groups in total. The average Bonchev–Trinajstić information content (AvgIpc) is 2.87. The second-order valence-corrected chi connectivity index (χ2v) is 5.11. The van der Waals surface area contributed by atoms with Crippen LogP contribution in [0.4, 0.5) is 0 Å². The molecule has 21 heavy (non-hydrogen) atoms. The summed E-state index contributed by atoms with van der Waals surface area (Å²) in [7, 11) is 0. The van der Waals surface area contributed by atoms with E-state index in [2.05, 4.69) is 5.32 Å². The molecule has 6 nitrogen and oxygen atoms in total. The molecule has 2 aliphatic heterocycles. The van der Waals surface area contributed by atoms with Gasteiger partial charge in [-0.3, -0.25) is 9.59 Å². The fourth-order valence-electron chi connectivity index (χ4n) is 2.42. The van der Waals surface area contributed by atoms with Crippen LogP contribution in [0.2, 0.25) is 0 Å². The van der Waals surface area contributed by atoms with Gasteiger partial charge in [0.1, 0.15) is 11.5 Å². The molecule has 0 aliphatic carbocycles. The Hall–Kier alpha value is -2.08. The number of hydrogen-bond acceptors (Lipinski definition) is 5. The van der Waals surface area contributed by atoms with Gasteiger partial charge in [-0.1, -0.05) is 0 Å². The number of fused-ring (bicyclic) bond motifs is 1. The molecule has 3 rings (SSSR count). The third-order valence-corrected chi connectivity index (χ3v) is 3.57. The van der Waals surface area contributed by atoms with Gasteiger partial charge in [-0.15, -0.1) is 0 Å². The zero-order chi connectivity index (χ0) is 14.7. The van der Waals surface area contributed by atoms with Gasteiger partial charge in [0.2, 0.25) is 5.78 Å². The molecule has 6 heteroatoms. The maximum atomic E-state index is 11.8. The van der Waals surface area contributed by atoms with E-state index in [0.717, 1.165) is 12.8 Å². The first-order chi connectivity index (χ1) is 10.2. The molecule has 0 atom stereocenters. The summed E-state index contributed by atoms with van der Waals surface area (Å²) in [6.07, 6.45) is 1.67. The molecule has 0 radical (unpaired) electrons. The molecule has 1 aromatic carbocycles. The van der Waals surface area contributed by atoms with Crippen LogP contribution < -0.4 is 14.8 Å². The van der Waals surface area contributed by atoms with Crippen LogP contribution in [0.1, 0.15) is 23.2 Å². The van der Waals surface area contributed by atoms with E-state index in [-0.39, 0.29) is 30.9 Å². The molecule has 1 fully saturated rings. The minimum atomic E-state index is -0.153. The zero-order valence-electron chi connectivity index (χ0n) is 11.6. The van der Waals surface area contributed by atoms with Crippen molar-refractivity contribution in [2.24, 2.45) is 0 Å². The van der Waals surface area contributed by atoms with Gasteiger partial charge in [-0.2, -0.15) is 0 Å². The van der Waals surface area contributed by atoms with E-state index in [1.807, 2.05) is 0 Å². The van der Waals surface area contributed by atoms with E-state index >= 15 is 0 Å². The van der Waals surface area contributed by atoms with Crippen LogP contribution in [-0.4, -0.2) is 44.2 Å². The summed E-state index contributed by atoms with van der Waals surface area (Å²) >= 11 is 0. The van der Waals surface area contributed by atoms with Gasteiger partial charge in [0.15, 0.2) is 13.2 Å². The highest BCUT2D eigenvalue weighted by Gasteiger charge is 2.21. The topological polar surface area (TPSA) is 73.9 Å². The van der Waals surface area contributed by atoms with Crippen LogP contribution in [0.3, 0.4) is 0 Å². The van der Waals surface area contributed by atoms with Gasteiger partial charge in [0.05, 0.1) is 5.56 Å². The van der Waals surface area contributed by atoms with Gasteiger partial charge < -0.3 is 19.5 Å². The second kappa shape index (κ2) is 6.13. The van der Waals surface area contributed by atoms with Gasteiger partial charge in [-0.05, 0) is 25.0 Å². The largest absolute Gasteiger partial charge is 0.485 e. The Bertz CT molecular complexity index is 551. The first-order valence-corrected chi connectivity index (χ1v) is 7.02. The molecule has 1 amide bonds. The number of Topliss-reactive ketones (excluding diaryl/α,β-unsaturated/α-hetero) is 1. The zero-order valence-corrected chi connectivity index (χ0v) is 11.6. The molecule has 0 unspecified atom stereocenters. The molecule has 1 saturated heterocycles. The average molecular weight is 291 g/mol. The second-order valence-electron chi connectivity index (χ2n) is 5.11. The maximum Gasteiger partial charge on any atom is 0.258 e. The lowest BCUT2D eigenvalue weighted by molar-refractivity contribution is -0.124. The Kier molecular flexibility index (Phi) is 4.06. The van der Waals surface area contributed by atoms with Crippen molar-refractivity contribution in [3.63, 3.8) is 0 Å². The van der Waals surface area contributed by atoms with Crippen molar-refractivity contribution in [1.29, 1.82) is 0 Å². The summed E-state index contributed by atoms with van der Waals surface area (Å²) in [6, 6.07) is 5.14. The van der Waals surface area contributed by atoms with Gasteiger partial charge in [0.25, 0.3) is 5.91 Å². The Morgan fingerprint density at radius 1 is 1.33 bits per heavy atom. The number of carbonyl (C=O) groups excluding carboxylic acids is 2. The normalized spacial score (nSPS) is 18.0. The fourth-order valence-corrected chi connectivity index (χ4v) is 2.42. The smallest absolute Gasteiger partial charge is 0.258 e. The van der Waals surface area contributed by atoms with Gasteiger partial charge in [0, 0.05) is 25.3 Å². The monoisotopic (exact) mass is 291 g/mol. The molecule has 2 heterocycles. The Labute approximate surface area is 122 Å². The number of benzene rings is 1. The van der Waals surface area contributed by atoms with E-state index in [0.29, 0.717) is 30.3 Å². The van der Waals surface area contributed by atoms with Crippen molar-refractivity contribution in [3.8, 4) is 11.5 Å². The Balaban J connectivity index is 1.50. The third kappa shape index (κ3) is 3.33. The highest BCUT2D eigenvalue weighted by Crippen LogP contribution is 2.29. The van der Waals surface area contributed by atoms with Crippen molar-refractivity contribution < 1.29 is 23.8 Å². The fraction of sp³-hybridized carbons (Fsp3) is 0.467. The molecule has 112 valence electrons. The lowest BCUT2D eigenvalue weighted by atomic mass is 10.1. The number of ether oxygens (including phenoxy) is 3. The predicted octanol–water partition coefficient (Wildman–Crippen LogP) is 0.936. The number of carbonyl (C=O) groups is 2. The summed E-state index contributed by atoms with van der Waals surface area (Å²) in [4.78, 5) is 23.2. The van der Waals surface area contributed by atoms with Crippen molar-refractivity contribution in [1.82, 2.24) is 5.32 Å². The van der Waals surface area contributed by atoms with E-state index in [1.54, 1.807) is 18.2 Å². The van der Waals surface area contributed by atoms with Crippen molar-refractivity contribution in [3.05, 3.63) is 23.8 Å². The van der Waals surface area contributed by atoms with Crippen LogP contribution in [-0.2, 0) is 9.53 Å². The Morgan fingerprint density at radius 2 is 2.14 bits per heavy atom. The minimum absolute atomic E-state index is 0.0335. The standard InChI is InChI=1S/C15H17NO5/c17-13-8-21-14-7-11(1-2-12(13)14)20-9-15(18)16-10-3-5-19-6-4-10/h1-2,7,10H,3-6,8-9H2,(H,16,18). The highest BCUT2D eigenvalue weighted by atomic mass is 16.5. The molecule has 0 saturated carbocycles. The third-order valence-electron chi connectivity index (χ3n) is 3.57. The number of ketones is 1. The lowest BCUT2D eigenvalue weighted by Gasteiger charge is -2.23. The van der Waals surface area contributed by atoms with Gasteiger partial charge >= 0.3 is 0 Å². The summed E-state index contributed by atoms with van der Waals surface area (Å²) in [5.41, 5.74) is 0.564. The number of rotatable bonds is 4.